The van der Waals surface area contributed by atoms with Gasteiger partial charge in [-0.15, -0.1) is 0 Å². The average molecular weight is 361 g/mol. The quantitative estimate of drug-likeness (QED) is 0.738. The van der Waals surface area contributed by atoms with Crippen molar-refractivity contribution in [3.05, 3.63) is 65.2 Å². The number of amidine groups is 1. The number of aliphatic imine (C=N–C) groups is 1. The number of aromatic nitrogens is 1. The van der Waals surface area contributed by atoms with Gasteiger partial charge in [-0.3, -0.25) is 9.79 Å². The normalized spacial score (nSPS) is 13.7. The Morgan fingerprint density at radius 1 is 1.08 bits per heavy atom. The van der Waals surface area contributed by atoms with Crippen LogP contribution in [0.1, 0.15) is 21.5 Å². The fourth-order valence-corrected chi connectivity index (χ4v) is 3.89. The fraction of sp³-hybridized carbons (Fsp3) is 0.190. The lowest BCUT2D eigenvalue weighted by atomic mass is 9.97. The second-order valence-corrected chi connectivity index (χ2v) is 7.42. The molecule has 1 aromatic heterocycles. The number of amides is 1. The summed E-state index contributed by atoms with van der Waals surface area (Å²) >= 11 is 1.58. The molecule has 26 heavy (non-hydrogen) atoms. The Balaban J connectivity index is 1.88. The molecule has 0 saturated carbocycles. The van der Waals surface area contributed by atoms with Gasteiger partial charge in [-0.2, -0.15) is 0 Å². The number of hydrogen-bond donors (Lipinski definition) is 1. The molecule has 0 fully saturated rings. The second kappa shape index (κ2) is 6.92. The van der Waals surface area contributed by atoms with Gasteiger partial charge < -0.3 is 5.32 Å². The Labute approximate surface area is 156 Å². The molecule has 0 bridgehead atoms. The first-order chi connectivity index (χ1) is 12.6. The Morgan fingerprint density at radius 2 is 1.85 bits per heavy atom. The number of pyridine rings is 1. The number of carbonyl (C=O) groups is 1. The van der Waals surface area contributed by atoms with Crippen LogP contribution >= 0.6 is 11.8 Å². The molecule has 1 N–H and O–H groups in total. The molecule has 4 rings (SSSR count). The molecule has 3 aromatic rings. The van der Waals surface area contributed by atoms with Gasteiger partial charge in [-0.25, -0.2) is 4.98 Å². The standard InChI is InChI=1S/C21H19N3OS/c1-13-7-9-15(10-8-13)19-14(2)18(16-5-3-4-6-17(16)23-19)20(25)24-21-22-11-12-26-21/h3-10H,11-12H2,1-2H3,(H,22,24,25). The topological polar surface area (TPSA) is 54.4 Å². The number of aryl methyl sites for hydroxylation is 1. The van der Waals surface area contributed by atoms with E-state index >= 15 is 0 Å². The van der Waals surface area contributed by atoms with E-state index in [0.717, 1.165) is 40.0 Å². The van der Waals surface area contributed by atoms with Crippen LogP contribution in [0, 0.1) is 13.8 Å². The van der Waals surface area contributed by atoms with E-state index in [1.54, 1.807) is 11.8 Å². The van der Waals surface area contributed by atoms with Crippen LogP contribution in [0.2, 0.25) is 0 Å². The van der Waals surface area contributed by atoms with Crippen LogP contribution in [0.15, 0.2) is 53.5 Å². The minimum absolute atomic E-state index is 0.123. The molecule has 0 radical (unpaired) electrons. The van der Waals surface area contributed by atoms with E-state index < -0.39 is 0 Å². The lowest BCUT2D eigenvalue weighted by Gasteiger charge is -2.14. The maximum Gasteiger partial charge on any atom is 0.258 e. The number of carbonyl (C=O) groups excluding carboxylic acids is 1. The van der Waals surface area contributed by atoms with Crippen molar-refractivity contribution in [2.75, 3.05) is 12.3 Å². The SMILES string of the molecule is Cc1ccc(-c2nc3ccccc3c(C(=O)NC3=NCCS3)c2C)cc1. The van der Waals surface area contributed by atoms with Crippen LogP contribution in [0.5, 0.6) is 0 Å². The molecule has 5 heteroatoms. The van der Waals surface area contributed by atoms with Crippen LogP contribution in [-0.4, -0.2) is 28.4 Å². The maximum atomic E-state index is 13.0. The minimum atomic E-state index is -0.123. The number of hydrogen-bond acceptors (Lipinski definition) is 4. The third-order valence-corrected chi connectivity index (χ3v) is 5.39. The zero-order valence-electron chi connectivity index (χ0n) is 14.7. The molecule has 1 amide bonds. The summed E-state index contributed by atoms with van der Waals surface area (Å²) in [6.45, 7) is 4.78. The predicted octanol–water partition coefficient (Wildman–Crippen LogP) is 4.35. The number of benzene rings is 2. The largest absolute Gasteiger partial charge is 0.301 e. The van der Waals surface area contributed by atoms with Crippen molar-refractivity contribution < 1.29 is 4.79 Å². The number of fused-ring (bicyclic) bond motifs is 1. The third-order valence-electron chi connectivity index (χ3n) is 4.49. The molecule has 0 saturated heterocycles. The molecule has 0 spiro atoms. The summed E-state index contributed by atoms with van der Waals surface area (Å²) in [4.78, 5) is 22.2. The molecule has 2 heterocycles. The van der Waals surface area contributed by atoms with Gasteiger partial charge in [0.05, 0.1) is 23.3 Å². The van der Waals surface area contributed by atoms with Crippen molar-refractivity contribution in [3.8, 4) is 11.3 Å². The van der Waals surface area contributed by atoms with Crippen LogP contribution in [-0.2, 0) is 0 Å². The lowest BCUT2D eigenvalue weighted by molar-refractivity contribution is 0.0979. The summed E-state index contributed by atoms with van der Waals surface area (Å²) in [5.74, 6) is 0.794. The van der Waals surface area contributed by atoms with Crippen molar-refractivity contribution in [3.63, 3.8) is 0 Å². The van der Waals surface area contributed by atoms with Gasteiger partial charge in [0, 0.05) is 16.7 Å². The highest BCUT2D eigenvalue weighted by Crippen LogP contribution is 2.30. The average Bonchev–Trinajstić information content (AvgIpc) is 3.15. The van der Waals surface area contributed by atoms with Crippen LogP contribution in [0.3, 0.4) is 0 Å². The van der Waals surface area contributed by atoms with Gasteiger partial charge in [-0.05, 0) is 25.5 Å². The van der Waals surface area contributed by atoms with E-state index in [4.69, 9.17) is 4.98 Å². The first kappa shape index (κ1) is 16.8. The summed E-state index contributed by atoms with van der Waals surface area (Å²) < 4.78 is 0. The molecule has 0 atom stereocenters. The van der Waals surface area contributed by atoms with Crippen LogP contribution in [0.4, 0.5) is 0 Å². The maximum absolute atomic E-state index is 13.0. The van der Waals surface area contributed by atoms with Crippen molar-refractivity contribution in [2.45, 2.75) is 13.8 Å². The van der Waals surface area contributed by atoms with E-state index in [9.17, 15) is 4.79 Å². The van der Waals surface area contributed by atoms with E-state index in [0.29, 0.717) is 10.7 Å². The molecular weight excluding hydrogens is 342 g/mol. The highest BCUT2D eigenvalue weighted by molar-refractivity contribution is 8.14. The smallest absolute Gasteiger partial charge is 0.258 e. The van der Waals surface area contributed by atoms with Gasteiger partial charge in [-0.1, -0.05) is 59.8 Å². The van der Waals surface area contributed by atoms with Crippen molar-refractivity contribution in [2.24, 2.45) is 4.99 Å². The van der Waals surface area contributed by atoms with Crippen LogP contribution < -0.4 is 5.32 Å². The van der Waals surface area contributed by atoms with Crippen molar-refractivity contribution >= 4 is 33.7 Å². The predicted molar refractivity (Wildman–Crippen MR) is 109 cm³/mol. The van der Waals surface area contributed by atoms with E-state index in [2.05, 4.69) is 41.5 Å². The van der Waals surface area contributed by atoms with Crippen molar-refractivity contribution in [1.82, 2.24) is 10.3 Å². The first-order valence-electron chi connectivity index (χ1n) is 8.58. The minimum Gasteiger partial charge on any atom is -0.301 e. The molecule has 1 aliphatic rings. The highest BCUT2D eigenvalue weighted by Gasteiger charge is 2.20. The number of nitrogens with zero attached hydrogens (tertiary/aromatic N) is 2. The molecule has 2 aromatic carbocycles. The summed E-state index contributed by atoms with van der Waals surface area (Å²) in [5.41, 5.74) is 5.42. The van der Waals surface area contributed by atoms with Crippen molar-refractivity contribution in [1.29, 1.82) is 0 Å². The lowest BCUT2D eigenvalue weighted by Crippen LogP contribution is -2.28. The molecule has 4 nitrogen and oxygen atoms in total. The zero-order valence-corrected chi connectivity index (χ0v) is 15.6. The fourth-order valence-electron chi connectivity index (χ4n) is 3.16. The Morgan fingerprint density at radius 3 is 2.58 bits per heavy atom. The number of thioether (sulfide) groups is 1. The second-order valence-electron chi connectivity index (χ2n) is 6.33. The first-order valence-corrected chi connectivity index (χ1v) is 9.57. The number of para-hydroxylation sites is 1. The Kier molecular flexibility index (Phi) is 4.47. The van der Waals surface area contributed by atoms with E-state index in [1.807, 2.05) is 31.2 Å². The molecule has 1 aliphatic heterocycles. The molecular formula is C21H19N3OS. The Bertz CT molecular complexity index is 1030. The number of rotatable bonds is 2. The third kappa shape index (κ3) is 3.10. The summed E-state index contributed by atoms with van der Waals surface area (Å²) in [7, 11) is 0. The van der Waals surface area contributed by atoms with Crippen LogP contribution in [0.25, 0.3) is 22.2 Å². The summed E-state index contributed by atoms with van der Waals surface area (Å²) in [5, 5.41) is 4.53. The molecule has 0 aliphatic carbocycles. The monoisotopic (exact) mass is 361 g/mol. The summed E-state index contributed by atoms with van der Waals surface area (Å²) in [6, 6.07) is 16.0. The zero-order chi connectivity index (χ0) is 18.1. The van der Waals surface area contributed by atoms with Gasteiger partial charge in [0.2, 0.25) is 0 Å². The van der Waals surface area contributed by atoms with Gasteiger partial charge >= 0.3 is 0 Å². The highest BCUT2D eigenvalue weighted by atomic mass is 32.2. The number of nitrogens with one attached hydrogen (secondary N) is 1. The summed E-state index contributed by atoms with van der Waals surface area (Å²) in [6.07, 6.45) is 0. The van der Waals surface area contributed by atoms with Gasteiger partial charge in [0.25, 0.3) is 5.91 Å². The van der Waals surface area contributed by atoms with Gasteiger partial charge in [0.1, 0.15) is 0 Å². The van der Waals surface area contributed by atoms with E-state index in [1.165, 1.54) is 5.56 Å². The molecule has 0 unspecified atom stereocenters. The van der Waals surface area contributed by atoms with E-state index in [-0.39, 0.29) is 5.91 Å². The Hall–Kier alpha value is -2.66. The van der Waals surface area contributed by atoms with Gasteiger partial charge in [0.15, 0.2) is 5.17 Å². The molecule has 130 valence electrons.